The van der Waals surface area contributed by atoms with Crippen LogP contribution in [0, 0.1) is 18.3 Å². The summed E-state index contributed by atoms with van der Waals surface area (Å²) in [4.78, 5) is 8.66. The molecular formula is C14H10ClN3O. The van der Waals surface area contributed by atoms with E-state index in [1.54, 1.807) is 12.3 Å². The predicted octanol–water partition coefficient (Wildman–Crippen LogP) is 3.45. The third kappa shape index (κ3) is 2.02. The highest BCUT2D eigenvalue weighted by molar-refractivity contribution is 6.31. The van der Waals surface area contributed by atoms with Crippen LogP contribution in [0.4, 0.5) is 0 Å². The number of rotatable bonds is 1. The largest absolute Gasteiger partial charge is 0.484 e. The van der Waals surface area contributed by atoms with Gasteiger partial charge >= 0.3 is 0 Å². The number of nitrogens with zero attached hydrogens (tertiary/aromatic N) is 3. The molecule has 0 radical (unpaired) electrons. The number of ether oxygens (including phenoxy) is 1. The first kappa shape index (κ1) is 11.9. The molecule has 1 aromatic carbocycles. The van der Waals surface area contributed by atoms with Gasteiger partial charge in [-0.15, -0.1) is 0 Å². The van der Waals surface area contributed by atoms with Gasteiger partial charge in [-0.25, -0.2) is 9.97 Å². The van der Waals surface area contributed by atoms with Crippen LogP contribution in [0.5, 0.6) is 5.75 Å². The zero-order valence-electron chi connectivity index (χ0n) is 10.2. The Hall–Kier alpha value is -2.12. The van der Waals surface area contributed by atoms with Crippen molar-refractivity contribution in [3.63, 3.8) is 0 Å². The summed E-state index contributed by atoms with van der Waals surface area (Å²) in [7, 11) is 0. The van der Waals surface area contributed by atoms with E-state index in [1.807, 2.05) is 19.1 Å². The van der Waals surface area contributed by atoms with Crippen LogP contribution in [0.25, 0.3) is 11.3 Å². The van der Waals surface area contributed by atoms with Gasteiger partial charge < -0.3 is 4.74 Å². The van der Waals surface area contributed by atoms with Crippen molar-refractivity contribution in [2.45, 2.75) is 19.4 Å². The molecule has 0 fully saturated rings. The maximum Gasteiger partial charge on any atom is 0.140 e. The maximum absolute atomic E-state index is 8.90. The lowest BCUT2D eigenvalue weighted by Crippen LogP contribution is -2.15. The lowest BCUT2D eigenvalue weighted by molar-refractivity contribution is 0.206. The molecule has 0 bridgehead atoms. The average Bonchev–Trinajstić information content (AvgIpc) is 2.40. The van der Waals surface area contributed by atoms with Gasteiger partial charge in [0.1, 0.15) is 17.7 Å². The summed E-state index contributed by atoms with van der Waals surface area (Å²) in [6.07, 6.45) is 1.67. The smallest absolute Gasteiger partial charge is 0.140 e. The Labute approximate surface area is 115 Å². The van der Waals surface area contributed by atoms with Crippen LogP contribution < -0.4 is 4.74 Å². The van der Waals surface area contributed by atoms with Gasteiger partial charge in [0.25, 0.3) is 0 Å². The molecule has 1 aromatic heterocycles. The topological polar surface area (TPSA) is 58.8 Å². The molecule has 1 atom stereocenters. The summed E-state index contributed by atoms with van der Waals surface area (Å²) in [5.74, 6) is 1.39. The molecule has 1 aliphatic heterocycles. The summed E-state index contributed by atoms with van der Waals surface area (Å²) in [5.41, 5.74) is 2.49. The number of hydrogen-bond acceptors (Lipinski definition) is 4. The fourth-order valence-corrected chi connectivity index (χ4v) is 2.34. The Balaban J connectivity index is 2.23. The summed E-state index contributed by atoms with van der Waals surface area (Å²) in [6, 6.07) is 7.53. The third-order valence-corrected chi connectivity index (χ3v) is 3.26. The van der Waals surface area contributed by atoms with Crippen molar-refractivity contribution in [3.8, 4) is 23.1 Å². The number of hydrogen-bond donors (Lipinski definition) is 0. The van der Waals surface area contributed by atoms with Gasteiger partial charge in [-0.1, -0.05) is 11.6 Å². The van der Waals surface area contributed by atoms with Crippen molar-refractivity contribution < 1.29 is 4.74 Å². The number of benzene rings is 1. The van der Waals surface area contributed by atoms with Gasteiger partial charge in [0, 0.05) is 22.3 Å². The molecule has 0 amide bonds. The molecule has 0 saturated heterocycles. The number of halogens is 1. The Morgan fingerprint density at radius 3 is 3.11 bits per heavy atom. The standard InChI is InChI=1S/C14H10ClN3O/c1-8-17-7-11-13(4-5-16)19-12-3-2-9(15)6-10(12)14(11)18-8/h2-3,6-7,13H,4H2,1H3. The van der Waals surface area contributed by atoms with Crippen molar-refractivity contribution in [2.75, 3.05) is 0 Å². The fraction of sp³-hybridized carbons (Fsp3) is 0.214. The second-order valence-corrected chi connectivity index (χ2v) is 4.77. The second-order valence-electron chi connectivity index (χ2n) is 4.33. The van der Waals surface area contributed by atoms with Crippen LogP contribution in [0.1, 0.15) is 23.9 Å². The summed E-state index contributed by atoms with van der Waals surface area (Å²) in [6.45, 7) is 1.83. The number of aryl methyl sites for hydroxylation is 1. The predicted molar refractivity (Wildman–Crippen MR) is 70.8 cm³/mol. The minimum atomic E-state index is -0.325. The molecule has 4 nitrogen and oxygen atoms in total. The van der Waals surface area contributed by atoms with Crippen molar-refractivity contribution in [1.82, 2.24) is 9.97 Å². The average molecular weight is 272 g/mol. The molecule has 0 aliphatic carbocycles. The Kier molecular flexibility index (Phi) is 2.84. The monoisotopic (exact) mass is 271 g/mol. The van der Waals surface area contributed by atoms with Crippen LogP contribution >= 0.6 is 11.6 Å². The fourth-order valence-electron chi connectivity index (χ4n) is 2.17. The lowest BCUT2D eigenvalue weighted by atomic mass is 9.97. The van der Waals surface area contributed by atoms with E-state index in [2.05, 4.69) is 16.0 Å². The molecule has 3 rings (SSSR count). The van der Waals surface area contributed by atoms with Crippen LogP contribution in [0.2, 0.25) is 5.02 Å². The van der Waals surface area contributed by atoms with Gasteiger partial charge in [0.15, 0.2) is 0 Å². The molecule has 5 heteroatoms. The summed E-state index contributed by atoms with van der Waals surface area (Å²) < 4.78 is 5.83. The van der Waals surface area contributed by atoms with Gasteiger partial charge in [-0.2, -0.15) is 5.26 Å². The van der Waals surface area contributed by atoms with Crippen LogP contribution in [-0.4, -0.2) is 9.97 Å². The molecule has 19 heavy (non-hydrogen) atoms. The second kappa shape index (κ2) is 4.52. The van der Waals surface area contributed by atoms with E-state index < -0.39 is 0 Å². The normalized spacial score (nSPS) is 15.9. The lowest BCUT2D eigenvalue weighted by Gasteiger charge is -2.26. The van der Waals surface area contributed by atoms with Crippen molar-refractivity contribution in [2.24, 2.45) is 0 Å². The molecule has 0 spiro atoms. The highest BCUT2D eigenvalue weighted by Crippen LogP contribution is 2.43. The van der Waals surface area contributed by atoms with E-state index in [9.17, 15) is 0 Å². The first-order chi connectivity index (χ1) is 9.19. The maximum atomic E-state index is 8.90. The van der Waals surface area contributed by atoms with E-state index >= 15 is 0 Å². The van der Waals surface area contributed by atoms with E-state index in [0.717, 1.165) is 16.8 Å². The van der Waals surface area contributed by atoms with Gasteiger partial charge in [0.05, 0.1) is 18.2 Å². The van der Waals surface area contributed by atoms with E-state index in [-0.39, 0.29) is 12.5 Å². The molecule has 0 N–H and O–H groups in total. The Morgan fingerprint density at radius 2 is 2.32 bits per heavy atom. The van der Waals surface area contributed by atoms with Crippen LogP contribution in [0.15, 0.2) is 24.4 Å². The van der Waals surface area contributed by atoms with Crippen LogP contribution in [0.3, 0.4) is 0 Å². The van der Waals surface area contributed by atoms with E-state index in [0.29, 0.717) is 16.6 Å². The molecule has 2 aromatic rings. The van der Waals surface area contributed by atoms with Crippen molar-refractivity contribution >= 4 is 11.6 Å². The van der Waals surface area contributed by atoms with E-state index in [4.69, 9.17) is 21.6 Å². The van der Waals surface area contributed by atoms with Crippen molar-refractivity contribution in [3.05, 3.63) is 40.8 Å². The Morgan fingerprint density at radius 1 is 1.47 bits per heavy atom. The molecule has 94 valence electrons. The molecule has 1 aliphatic rings. The minimum Gasteiger partial charge on any atom is -0.484 e. The number of fused-ring (bicyclic) bond motifs is 3. The van der Waals surface area contributed by atoms with Gasteiger partial charge in [0.2, 0.25) is 0 Å². The molecule has 1 unspecified atom stereocenters. The van der Waals surface area contributed by atoms with E-state index in [1.165, 1.54) is 0 Å². The quantitative estimate of drug-likeness (QED) is 0.797. The Bertz CT molecular complexity index is 694. The van der Waals surface area contributed by atoms with Crippen LogP contribution in [-0.2, 0) is 0 Å². The molecular weight excluding hydrogens is 262 g/mol. The summed E-state index contributed by atoms with van der Waals surface area (Å²) >= 11 is 6.03. The third-order valence-electron chi connectivity index (χ3n) is 3.03. The number of nitriles is 1. The summed E-state index contributed by atoms with van der Waals surface area (Å²) in [5, 5.41) is 9.53. The highest BCUT2D eigenvalue weighted by Gasteiger charge is 2.27. The zero-order chi connectivity index (χ0) is 13.4. The first-order valence-corrected chi connectivity index (χ1v) is 6.24. The van der Waals surface area contributed by atoms with Gasteiger partial charge in [-0.05, 0) is 25.1 Å². The van der Waals surface area contributed by atoms with Crippen molar-refractivity contribution in [1.29, 1.82) is 5.26 Å². The zero-order valence-corrected chi connectivity index (χ0v) is 11.0. The SMILES string of the molecule is Cc1ncc2c(n1)-c1cc(Cl)ccc1OC2CC#N. The first-order valence-electron chi connectivity index (χ1n) is 5.86. The highest BCUT2D eigenvalue weighted by atomic mass is 35.5. The minimum absolute atomic E-state index is 0.265. The number of aromatic nitrogens is 2. The molecule has 2 heterocycles. The molecule has 0 saturated carbocycles. The van der Waals surface area contributed by atoms with Gasteiger partial charge in [-0.3, -0.25) is 0 Å².